The van der Waals surface area contributed by atoms with Gasteiger partial charge in [-0.1, -0.05) is 34.1 Å². The molecule has 1 amide bonds. The van der Waals surface area contributed by atoms with Gasteiger partial charge in [-0.05, 0) is 24.5 Å². The van der Waals surface area contributed by atoms with Gasteiger partial charge in [-0.15, -0.1) is 0 Å². The third-order valence-corrected chi connectivity index (χ3v) is 3.69. The van der Waals surface area contributed by atoms with E-state index in [1.807, 2.05) is 0 Å². The first-order chi connectivity index (χ1) is 9.09. The molecule has 0 aliphatic carbocycles. The van der Waals surface area contributed by atoms with Crippen molar-refractivity contribution in [2.45, 2.75) is 25.0 Å². The SMILES string of the molecule is O=C(O)C(NC(=O)[C@@H]1CCCO1)c1ccccc1Br. The lowest BCUT2D eigenvalue weighted by Crippen LogP contribution is -2.40. The predicted octanol–water partition coefficient (Wildman–Crippen LogP) is 1.87. The molecule has 2 rings (SSSR count). The second kappa shape index (κ2) is 6.16. The first-order valence-corrected chi connectivity index (χ1v) is 6.78. The molecule has 1 unspecified atom stereocenters. The van der Waals surface area contributed by atoms with Crippen LogP contribution < -0.4 is 5.32 Å². The minimum absolute atomic E-state index is 0.374. The highest BCUT2D eigenvalue weighted by Gasteiger charge is 2.29. The average Bonchev–Trinajstić information content (AvgIpc) is 2.90. The number of halogens is 1. The van der Waals surface area contributed by atoms with E-state index < -0.39 is 18.1 Å². The molecule has 1 aliphatic rings. The maximum Gasteiger partial charge on any atom is 0.330 e. The number of aliphatic carboxylic acids is 1. The largest absolute Gasteiger partial charge is 0.479 e. The van der Waals surface area contributed by atoms with Crippen LogP contribution in [0.3, 0.4) is 0 Å². The first-order valence-electron chi connectivity index (χ1n) is 5.99. The highest BCUT2D eigenvalue weighted by molar-refractivity contribution is 9.10. The van der Waals surface area contributed by atoms with Gasteiger partial charge in [0.15, 0.2) is 6.04 Å². The summed E-state index contributed by atoms with van der Waals surface area (Å²) in [5.41, 5.74) is 0.515. The molecule has 1 aromatic rings. The standard InChI is InChI=1S/C13H14BrNO4/c14-9-5-2-1-4-8(9)11(13(17)18)15-12(16)10-6-3-7-19-10/h1-2,4-5,10-11H,3,6-7H2,(H,15,16)(H,17,18)/t10-,11?/m0/s1. The van der Waals surface area contributed by atoms with Crippen LogP contribution in [0.25, 0.3) is 0 Å². The van der Waals surface area contributed by atoms with Crippen molar-refractivity contribution < 1.29 is 19.4 Å². The van der Waals surface area contributed by atoms with Crippen molar-refractivity contribution in [3.8, 4) is 0 Å². The quantitative estimate of drug-likeness (QED) is 0.885. The molecule has 0 radical (unpaired) electrons. The van der Waals surface area contributed by atoms with Gasteiger partial charge in [-0.3, -0.25) is 4.79 Å². The highest BCUT2D eigenvalue weighted by Crippen LogP contribution is 2.24. The van der Waals surface area contributed by atoms with Crippen LogP contribution in [0.5, 0.6) is 0 Å². The summed E-state index contributed by atoms with van der Waals surface area (Å²) in [6.45, 7) is 0.546. The minimum atomic E-state index is -1.10. The van der Waals surface area contributed by atoms with Crippen molar-refractivity contribution in [3.05, 3.63) is 34.3 Å². The molecule has 1 fully saturated rings. The maximum atomic E-state index is 11.9. The summed E-state index contributed by atoms with van der Waals surface area (Å²) >= 11 is 3.29. The fraction of sp³-hybridized carbons (Fsp3) is 0.385. The summed E-state index contributed by atoms with van der Waals surface area (Å²) in [4.78, 5) is 23.3. The van der Waals surface area contributed by atoms with Crippen LogP contribution in [0.1, 0.15) is 24.4 Å². The van der Waals surface area contributed by atoms with Crippen molar-refractivity contribution in [3.63, 3.8) is 0 Å². The van der Waals surface area contributed by atoms with E-state index in [4.69, 9.17) is 4.74 Å². The lowest BCUT2D eigenvalue weighted by Gasteiger charge is -2.18. The Hall–Kier alpha value is -1.40. The van der Waals surface area contributed by atoms with Crippen LogP contribution >= 0.6 is 15.9 Å². The number of nitrogens with one attached hydrogen (secondary N) is 1. The number of carbonyl (C=O) groups is 2. The fourth-order valence-corrected chi connectivity index (χ4v) is 2.52. The van der Waals surface area contributed by atoms with Crippen LogP contribution in [-0.2, 0) is 14.3 Å². The number of ether oxygens (including phenoxy) is 1. The number of carboxylic acids is 1. The van der Waals surface area contributed by atoms with E-state index in [0.717, 1.165) is 6.42 Å². The highest BCUT2D eigenvalue weighted by atomic mass is 79.9. The minimum Gasteiger partial charge on any atom is -0.479 e. The van der Waals surface area contributed by atoms with Gasteiger partial charge in [0.25, 0.3) is 0 Å². The molecule has 0 spiro atoms. The van der Waals surface area contributed by atoms with E-state index in [-0.39, 0.29) is 5.91 Å². The van der Waals surface area contributed by atoms with Gasteiger partial charge in [0.2, 0.25) is 5.91 Å². The lowest BCUT2D eigenvalue weighted by molar-refractivity contribution is -0.143. The Morgan fingerprint density at radius 3 is 2.74 bits per heavy atom. The van der Waals surface area contributed by atoms with Crippen molar-refractivity contribution in [2.75, 3.05) is 6.61 Å². The third-order valence-electron chi connectivity index (χ3n) is 2.97. The van der Waals surface area contributed by atoms with Crippen molar-refractivity contribution in [1.29, 1.82) is 0 Å². The molecule has 6 heteroatoms. The van der Waals surface area contributed by atoms with Gasteiger partial charge in [0.05, 0.1) is 0 Å². The summed E-state index contributed by atoms with van der Waals surface area (Å²) in [7, 11) is 0. The zero-order valence-corrected chi connectivity index (χ0v) is 11.7. The number of hydrogen-bond donors (Lipinski definition) is 2. The van der Waals surface area contributed by atoms with E-state index in [0.29, 0.717) is 23.1 Å². The summed E-state index contributed by atoms with van der Waals surface area (Å²) in [5.74, 6) is -1.47. The fourth-order valence-electron chi connectivity index (χ4n) is 2.00. The smallest absolute Gasteiger partial charge is 0.330 e. The molecule has 1 saturated heterocycles. The maximum absolute atomic E-state index is 11.9. The molecular weight excluding hydrogens is 314 g/mol. The molecule has 0 aromatic heterocycles. The van der Waals surface area contributed by atoms with Crippen LogP contribution in [0, 0.1) is 0 Å². The summed E-state index contributed by atoms with van der Waals surface area (Å²) in [6.07, 6.45) is 0.920. The molecule has 2 N–H and O–H groups in total. The van der Waals surface area contributed by atoms with Crippen molar-refractivity contribution in [2.24, 2.45) is 0 Å². The lowest BCUT2D eigenvalue weighted by atomic mass is 10.1. The normalized spacial score (nSPS) is 19.9. The third kappa shape index (κ3) is 3.33. The van der Waals surface area contributed by atoms with Gasteiger partial charge in [-0.2, -0.15) is 0 Å². The molecule has 0 saturated carbocycles. The number of carbonyl (C=O) groups excluding carboxylic acids is 1. The van der Waals surface area contributed by atoms with Crippen LogP contribution in [-0.4, -0.2) is 29.7 Å². The zero-order valence-electron chi connectivity index (χ0n) is 10.1. The van der Waals surface area contributed by atoms with Crippen LogP contribution in [0.4, 0.5) is 0 Å². The molecular formula is C13H14BrNO4. The Morgan fingerprint density at radius 1 is 1.42 bits per heavy atom. The Kier molecular flexibility index (Phi) is 4.55. The Morgan fingerprint density at radius 2 is 2.16 bits per heavy atom. The Bertz CT molecular complexity index is 485. The summed E-state index contributed by atoms with van der Waals surface area (Å²) in [6, 6.07) is 5.84. The second-order valence-electron chi connectivity index (χ2n) is 4.30. The molecule has 5 nitrogen and oxygen atoms in total. The molecule has 1 aliphatic heterocycles. The second-order valence-corrected chi connectivity index (χ2v) is 5.16. The van der Waals surface area contributed by atoms with Crippen molar-refractivity contribution in [1.82, 2.24) is 5.32 Å². The van der Waals surface area contributed by atoms with Gasteiger partial charge in [0, 0.05) is 11.1 Å². The Labute approximate surface area is 119 Å². The first kappa shape index (κ1) is 14.0. The molecule has 0 bridgehead atoms. The van der Waals surface area contributed by atoms with Gasteiger partial charge in [0.1, 0.15) is 6.10 Å². The van der Waals surface area contributed by atoms with E-state index in [9.17, 15) is 14.7 Å². The van der Waals surface area contributed by atoms with E-state index in [1.54, 1.807) is 24.3 Å². The average molecular weight is 328 g/mol. The number of amides is 1. The summed E-state index contributed by atoms with van der Waals surface area (Å²) < 4.78 is 5.89. The molecule has 102 valence electrons. The molecule has 2 atom stereocenters. The molecule has 1 aromatic carbocycles. The van der Waals surface area contributed by atoms with E-state index in [2.05, 4.69) is 21.2 Å². The van der Waals surface area contributed by atoms with Crippen molar-refractivity contribution >= 4 is 27.8 Å². The predicted molar refractivity (Wildman–Crippen MR) is 71.6 cm³/mol. The van der Waals surface area contributed by atoms with Gasteiger partial charge < -0.3 is 15.2 Å². The summed E-state index contributed by atoms with van der Waals surface area (Å²) in [5, 5.41) is 11.8. The van der Waals surface area contributed by atoms with Gasteiger partial charge in [-0.25, -0.2) is 4.79 Å². The van der Waals surface area contributed by atoms with E-state index >= 15 is 0 Å². The van der Waals surface area contributed by atoms with E-state index in [1.165, 1.54) is 0 Å². The number of rotatable bonds is 4. The molecule has 1 heterocycles. The molecule has 19 heavy (non-hydrogen) atoms. The van der Waals surface area contributed by atoms with Crippen LogP contribution in [0.2, 0.25) is 0 Å². The zero-order chi connectivity index (χ0) is 13.8. The number of hydrogen-bond acceptors (Lipinski definition) is 3. The number of carboxylic acid groups (broad SMARTS) is 1. The van der Waals surface area contributed by atoms with Crippen LogP contribution in [0.15, 0.2) is 28.7 Å². The monoisotopic (exact) mass is 327 g/mol. The number of benzene rings is 1. The van der Waals surface area contributed by atoms with Gasteiger partial charge >= 0.3 is 5.97 Å². The topological polar surface area (TPSA) is 75.6 Å². The Balaban J connectivity index is 2.15.